The van der Waals surface area contributed by atoms with Crippen molar-refractivity contribution in [2.75, 3.05) is 86.0 Å². The predicted molar refractivity (Wildman–Crippen MR) is 228 cm³/mol. The van der Waals surface area contributed by atoms with Crippen LogP contribution in [0.15, 0.2) is 42.6 Å². The number of benzene rings is 2. The molecule has 5 amide bonds. The van der Waals surface area contributed by atoms with E-state index in [0.717, 1.165) is 23.4 Å². The van der Waals surface area contributed by atoms with Crippen LogP contribution in [0.3, 0.4) is 0 Å². The second kappa shape index (κ2) is 15.7. The van der Waals surface area contributed by atoms with Crippen molar-refractivity contribution >= 4 is 69.6 Å². The van der Waals surface area contributed by atoms with Gasteiger partial charge in [-0.1, -0.05) is 17.7 Å². The summed E-state index contributed by atoms with van der Waals surface area (Å²) in [4.78, 5) is 63.9. The average Bonchev–Trinajstić information content (AvgIpc) is 3.89. The molecule has 2 aromatic heterocycles. The number of piperidine rings is 3. The topological polar surface area (TPSA) is 165 Å². The van der Waals surface area contributed by atoms with Crippen molar-refractivity contribution in [3.05, 3.63) is 70.0 Å². The van der Waals surface area contributed by atoms with Crippen LogP contribution in [-0.2, 0) is 11.2 Å². The van der Waals surface area contributed by atoms with Gasteiger partial charge in [-0.25, -0.2) is 23.1 Å². The van der Waals surface area contributed by atoms with E-state index in [1.165, 1.54) is 15.6 Å². The van der Waals surface area contributed by atoms with E-state index >= 15 is 8.78 Å². The highest BCUT2D eigenvalue weighted by atomic mass is 35.5. The average molecular weight is 858 g/mol. The largest absolute Gasteiger partial charge is 0.385 e. The number of halogens is 3. The van der Waals surface area contributed by atoms with E-state index < -0.39 is 23.3 Å². The molecule has 5 aliphatic rings. The summed E-state index contributed by atoms with van der Waals surface area (Å²) >= 11 is 6.53. The van der Waals surface area contributed by atoms with Gasteiger partial charge >= 0.3 is 6.03 Å². The molecule has 61 heavy (non-hydrogen) atoms. The molecular formula is C43H50ClF2N11O4. The van der Waals surface area contributed by atoms with E-state index in [1.807, 2.05) is 17.0 Å². The number of urea groups is 1. The lowest BCUT2D eigenvalue weighted by atomic mass is 9.68. The number of imidazole rings is 1. The third-order valence-electron chi connectivity index (χ3n) is 13.7. The van der Waals surface area contributed by atoms with Crippen LogP contribution in [0.1, 0.15) is 70.5 Å². The van der Waals surface area contributed by atoms with Crippen molar-refractivity contribution in [2.45, 2.75) is 57.8 Å². The number of carbonyl (C=O) groups is 4. The number of hydrogen-bond donors (Lipinski definition) is 3. The second-order valence-corrected chi connectivity index (χ2v) is 17.5. The van der Waals surface area contributed by atoms with Gasteiger partial charge in [-0.3, -0.25) is 29.5 Å². The second-order valence-electron chi connectivity index (χ2n) is 17.1. The molecule has 0 bridgehead atoms. The number of hydrogen-bond acceptors (Lipinski definition) is 10. The van der Waals surface area contributed by atoms with Crippen LogP contribution in [0.4, 0.5) is 42.1 Å². The fourth-order valence-electron chi connectivity index (χ4n) is 10.1. The van der Waals surface area contributed by atoms with Crippen LogP contribution in [0.25, 0.3) is 5.65 Å². The van der Waals surface area contributed by atoms with Gasteiger partial charge in [0.05, 0.1) is 24.1 Å². The van der Waals surface area contributed by atoms with E-state index in [9.17, 15) is 19.2 Å². The summed E-state index contributed by atoms with van der Waals surface area (Å²) in [5, 5.41) is 10.6. The Morgan fingerprint density at radius 1 is 0.951 bits per heavy atom. The van der Waals surface area contributed by atoms with Gasteiger partial charge in [0.2, 0.25) is 5.91 Å². The molecule has 5 aliphatic heterocycles. The summed E-state index contributed by atoms with van der Waals surface area (Å²) < 4.78 is 34.2. The first-order valence-corrected chi connectivity index (χ1v) is 21.5. The molecule has 15 nitrogen and oxygen atoms in total. The number of imide groups is 1. The minimum Gasteiger partial charge on any atom is -0.385 e. The third-order valence-corrected chi connectivity index (χ3v) is 14.1. The standard InChI is InChI=1S/C43H50ClF2N11O4/c1-26-30(44)20-28(21-34(26)56-16-9-37(58)50-41(56)61)40(60)54-13-6-27(7-14-54)24-52-17-10-42(43(45,46)25-52)11-18-53(19-12-42)32-4-3-5-33-29(32)8-15-55(33)36-22-31(48-2)39-49-23-35(38(47)59)57(39)51-36/h3-5,20-23,27,48H,6-19,24-25H2,1-2H3,(H2,47,59)(H,50,58,61). The number of nitrogens with two attached hydrogens (primary N) is 1. The van der Waals surface area contributed by atoms with Crippen molar-refractivity contribution in [3.63, 3.8) is 0 Å². The van der Waals surface area contributed by atoms with Crippen molar-refractivity contribution in [2.24, 2.45) is 17.1 Å². The number of carbonyl (C=O) groups excluding carboxylic acids is 4. The number of alkyl halides is 2. The van der Waals surface area contributed by atoms with Crippen LogP contribution in [-0.4, -0.2) is 120 Å². The monoisotopic (exact) mass is 857 g/mol. The molecule has 7 heterocycles. The van der Waals surface area contributed by atoms with Crippen LogP contribution in [0, 0.1) is 18.3 Å². The predicted octanol–water partition coefficient (Wildman–Crippen LogP) is 5.45. The van der Waals surface area contributed by atoms with Gasteiger partial charge in [0.25, 0.3) is 17.7 Å². The maximum Gasteiger partial charge on any atom is 0.328 e. The highest BCUT2D eigenvalue weighted by Crippen LogP contribution is 2.52. The molecule has 2 aromatic carbocycles. The van der Waals surface area contributed by atoms with Crippen molar-refractivity contribution in [1.29, 1.82) is 0 Å². The number of aromatic nitrogens is 3. The number of nitrogens with zero attached hydrogens (tertiary/aromatic N) is 8. The number of primary amides is 1. The minimum atomic E-state index is -2.84. The number of nitrogens with one attached hydrogen (secondary N) is 2. The fourth-order valence-corrected chi connectivity index (χ4v) is 10.4. The molecular weight excluding hydrogens is 808 g/mol. The molecule has 0 atom stereocenters. The molecule has 322 valence electrons. The Morgan fingerprint density at radius 3 is 2.38 bits per heavy atom. The molecule has 18 heteroatoms. The molecule has 4 N–H and O–H groups in total. The molecule has 4 saturated heterocycles. The molecule has 0 aliphatic carbocycles. The minimum absolute atomic E-state index is 0.153. The smallest absolute Gasteiger partial charge is 0.328 e. The number of amides is 5. The van der Waals surface area contributed by atoms with Gasteiger partial charge in [-0.2, -0.15) is 0 Å². The Hall–Kier alpha value is -5.55. The summed E-state index contributed by atoms with van der Waals surface area (Å²) in [6.07, 6.45) is 5.00. The zero-order chi connectivity index (χ0) is 42.8. The molecule has 0 radical (unpaired) electrons. The zero-order valence-corrected chi connectivity index (χ0v) is 35.1. The fraction of sp³-hybridized carbons (Fsp3) is 0.488. The molecule has 0 saturated carbocycles. The first-order valence-electron chi connectivity index (χ1n) is 21.1. The van der Waals surface area contributed by atoms with E-state index in [0.29, 0.717) is 117 Å². The zero-order valence-electron chi connectivity index (χ0n) is 34.4. The molecule has 1 spiro atoms. The first kappa shape index (κ1) is 40.8. The number of likely N-dealkylation sites (tertiary alicyclic amines) is 2. The first-order chi connectivity index (χ1) is 29.3. The Labute approximate surface area is 357 Å². The lowest BCUT2D eigenvalue weighted by molar-refractivity contribution is -0.179. The van der Waals surface area contributed by atoms with Gasteiger partial charge < -0.3 is 25.8 Å². The number of rotatable bonds is 8. The van der Waals surface area contributed by atoms with Gasteiger partial charge in [0, 0.05) is 98.3 Å². The summed E-state index contributed by atoms with van der Waals surface area (Å²) in [5.74, 6) is -3.17. The third kappa shape index (κ3) is 7.28. The van der Waals surface area contributed by atoms with Crippen LogP contribution in [0.2, 0.25) is 5.02 Å². The molecule has 0 unspecified atom stereocenters. The van der Waals surface area contributed by atoms with E-state index in [2.05, 4.69) is 37.6 Å². The maximum absolute atomic E-state index is 16.4. The quantitative estimate of drug-likeness (QED) is 0.208. The summed E-state index contributed by atoms with van der Waals surface area (Å²) in [6.45, 7) is 5.64. The SMILES string of the molecule is CNc1cc(N2CCc3c(N4CCC5(CCN(CC6CCN(C(=O)c7cc(Cl)c(C)c(N8CCC(=O)NC8=O)c7)CC6)CC5(F)F)CC4)cccc32)nn2c(C(N)=O)cnc12. The van der Waals surface area contributed by atoms with Crippen molar-refractivity contribution in [3.8, 4) is 0 Å². The summed E-state index contributed by atoms with van der Waals surface area (Å²) in [5.41, 5.74) is 10.7. The van der Waals surface area contributed by atoms with Crippen molar-refractivity contribution < 1.29 is 28.0 Å². The summed E-state index contributed by atoms with van der Waals surface area (Å²) in [7, 11) is 1.79. The maximum atomic E-state index is 16.4. The summed E-state index contributed by atoms with van der Waals surface area (Å²) in [6, 6.07) is 10.8. The van der Waals surface area contributed by atoms with E-state index in [1.54, 1.807) is 31.0 Å². The highest BCUT2D eigenvalue weighted by Gasteiger charge is 2.57. The molecule has 4 fully saturated rings. The highest BCUT2D eigenvalue weighted by molar-refractivity contribution is 6.32. The van der Waals surface area contributed by atoms with E-state index in [-0.39, 0.29) is 42.9 Å². The van der Waals surface area contributed by atoms with Gasteiger partial charge in [0.1, 0.15) is 5.69 Å². The van der Waals surface area contributed by atoms with Crippen molar-refractivity contribution in [1.82, 2.24) is 29.7 Å². The number of fused-ring (bicyclic) bond motifs is 2. The van der Waals surface area contributed by atoms with Crippen LogP contribution < -0.4 is 31.1 Å². The Bertz CT molecular complexity index is 2430. The van der Waals surface area contributed by atoms with Gasteiger partial charge in [0.15, 0.2) is 11.5 Å². The van der Waals surface area contributed by atoms with Crippen LogP contribution in [0.5, 0.6) is 0 Å². The molecule has 4 aromatic rings. The lowest BCUT2D eigenvalue weighted by Gasteiger charge is -2.52. The Morgan fingerprint density at radius 2 is 1.67 bits per heavy atom. The van der Waals surface area contributed by atoms with Gasteiger partial charge in [-0.05, 0) is 87.7 Å². The van der Waals surface area contributed by atoms with Crippen LogP contribution >= 0.6 is 11.6 Å². The van der Waals surface area contributed by atoms with Gasteiger partial charge in [-0.15, -0.1) is 5.10 Å². The Balaban J connectivity index is 0.805. The lowest BCUT2D eigenvalue weighted by Crippen LogP contribution is -2.60. The molecule has 9 rings (SSSR count). The van der Waals surface area contributed by atoms with E-state index in [4.69, 9.17) is 22.4 Å². The normalized spacial score (nSPS) is 20.7. The Kier molecular flexibility index (Phi) is 10.5. The number of anilines is 5.